The second-order valence-corrected chi connectivity index (χ2v) is 4.35. The Balaban J connectivity index is 2.30. The predicted octanol–water partition coefficient (Wildman–Crippen LogP) is 0.633. The fourth-order valence-corrected chi connectivity index (χ4v) is 1.57. The van der Waals surface area contributed by atoms with E-state index in [1.165, 1.54) is 0 Å². The summed E-state index contributed by atoms with van der Waals surface area (Å²) in [6, 6.07) is 1.97. The molecule has 1 aromatic rings. The topological polar surface area (TPSA) is 59.0 Å². The van der Waals surface area contributed by atoms with Gasteiger partial charge >= 0.3 is 0 Å². The molecule has 0 spiro atoms. The van der Waals surface area contributed by atoms with E-state index in [-0.39, 0.29) is 17.9 Å². The lowest BCUT2D eigenvalue weighted by molar-refractivity contribution is -0.125. The highest BCUT2D eigenvalue weighted by atomic mass is 16.1. The van der Waals surface area contributed by atoms with Gasteiger partial charge in [-0.05, 0) is 19.5 Å². The summed E-state index contributed by atoms with van der Waals surface area (Å²) in [7, 11) is 0. The van der Waals surface area contributed by atoms with Crippen molar-refractivity contribution in [2.75, 3.05) is 13.1 Å². The lowest BCUT2D eigenvalue weighted by Crippen LogP contribution is -2.41. The number of amides is 1. The maximum Gasteiger partial charge on any atom is 0.224 e. The van der Waals surface area contributed by atoms with Gasteiger partial charge in [0.25, 0.3) is 0 Å². The molecular weight excluding hydrogens is 216 g/mol. The van der Waals surface area contributed by atoms with Gasteiger partial charge < -0.3 is 10.6 Å². The van der Waals surface area contributed by atoms with Gasteiger partial charge in [0.05, 0.1) is 6.54 Å². The van der Waals surface area contributed by atoms with Gasteiger partial charge in [0.2, 0.25) is 5.91 Å². The van der Waals surface area contributed by atoms with E-state index in [4.69, 9.17) is 0 Å². The van der Waals surface area contributed by atoms with E-state index < -0.39 is 0 Å². The lowest BCUT2D eigenvalue weighted by Gasteiger charge is -2.17. The van der Waals surface area contributed by atoms with E-state index in [1.807, 2.05) is 37.7 Å². The van der Waals surface area contributed by atoms with Crippen LogP contribution in [-0.2, 0) is 11.3 Å². The Bertz CT molecular complexity index is 323. The summed E-state index contributed by atoms with van der Waals surface area (Å²) in [4.78, 5) is 11.8. The molecule has 1 aromatic heterocycles. The first-order valence-corrected chi connectivity index (χ1v) is 6.12. The molecule has 2 unspecified atom stereocenters. The van der Waals surface area contributed by atoms with E-state index in [2.05, 4.69) is 15.7 Å². The normalized spacial score (nSPS) is 14.3. The van der Waals surface area contributed by atoms with Crippen molar-refractivity contribution >= 4 is 5.91 Å². The zero-order valence-electron chi connectivity index (χ0n) is 10.8. The summed E-state index contributed by atoms with van der Waals surface area (Å²) in [6.07, 6.45) is 3.63. The highest BCUT2D eigenvalue weighted by molar-refractivity contribution is 5.78. The van der Waals surface area contributed by atoms with Crippen LogP contribution in [0.3, 0.4) is 0 Å². The molecule has 96 valence electrons. The molecule has 1 rings (SSSR count). The van der Waals surface area contributed by atoms with Crippen LogP contribution >= 0.6 is 0 Å². The number of carbonyl (C=O) groups is 1. The fourth-order valence-electron chi connectivity index (χ4n) is 1.57. The van der Waals surface area contributed by atoms with Crippen molar-refractivity contribution in [2.45, 2.75) is 33.4 Å². The summed E-state index contributed by atoms with van der Waals surface area (Å²) < 4.78 is 1.82. The van der Waals surface area contributed by atoms with Crippen LogP contribution in [0.1, 0.15) is 20.8 Å². The Morgan fingerprint density at radius 2 is 2.24 bits per heavy atom. The third-order valence-electron chi connectivity index (χ3n) is 2.56. The minimum absolute atomic E-state index is 0.00461. The first-order chi connectivity index (χ1) is 8.13. The molecule has 0 aliphatic carbocycles. The minimum Gasteiger partial charge on any atom is -0.352 e. The first kappa shape index (κ1) is 13.7. The molecule has 0 saturated carbocycles. The van der Waals surface area contributed by atoms with Crippen molar-refractivity contribution in [1.29, 1.82) is 0 Å². The third kappa shape index (κ3) is 4.99. The zero-order valence-corrected chi connectivity index (χ0v) is 10.8. The van der Waals surface area contributed by atoms with Gasteiger partial charge in [0.15, 0.2) is 0 Å². The Morgan fingerprint density at radius 1 is 1.47 bits per heavy atom. The first-order valence-electron chi connectivity index (χ1n) is 6.12. The molecule has 1 amide bonds. The molecule has 2 N–H and O–H groups in total. The number of nitrogens with one attached hydrogen (secondary N) is 2. The average molecular weight is 238 g/mol. The maximum absolute atomic E-state index is 11.8. The molecule has 0 aliphatic heterocycles. The smallest absolute Gasteiger partial charge is 0.224 e. The van der Waals surface area contributed by atoms with E-state index in [0.717, 1.165) is 13.1 Å². The molecule has 0 aromatic carbocycles. The number of hydrogen-bond donors (Lipinski definition) is 2. The molecule has 0 bridgehead atoms. The maximum atomic E-state index is 11.8. The van der Waals surface area contributed by atoms with Crippen molar-refractivity contribution in [3.8, 4) is 0 Å². The van der Waals surface area contributed by atoms with Crippen LogP contribution in [0.25, 0.3) is 0 Å². The summed E-state index contributed by atoms with van der Waals surface area (Å²) in [5, 5.41) is 10.3. The third-order valence-corrected chi connectivity index (χ3v) is 2.56. The van der Waals surface area contributed by atoms with Crippen LogP contribution in [0.5, 0.6) is 0 Å². The average Bonchev–Trinajstić information content (AvgIpc) is 2.78. The second-order valence-electron chi connectivity index (χ2n) is 4.35. The standard InChI is InChI=1S/C12H22N4O/c1-4-13-8-10(2)12(17)15-11(3)9-16-7-5-6-14-16/h5-7,10-11,13H,4,8-9H2,1-3H3,(H,15,17). The fraction of sp³-hybridized carbons (Fsp3) is 0.667. The highest BCUT2D eigenvalue weighted by Crippen LogP contribution is 1.96. The number of hydrogen-bond acceptors (Lipinski definition) is 3. The monoisotopic (exact) mass is 238 g/mol. The minimum atomic E-state index is -0.00461. The molecule has 5 nitrogen and oxygen atoms in total. The van der Waals surface area contributed by atoms with Crippen molar-refractivity contribution in [1.82, 2.24) is 20.4 Å². The van der Waals surface area contributed by atoms with Gasteiger partial charge in [0, 0.05) is 30.9 Å². The molecular formula is C12H22N4O. The van der Waals surface area contributed by atoms with Gasteiger partial charge in [0.1, 0.15) is 0 Å². The quantitative estimate of drug-likeness (QED) is 0.732. The van der Waals surface area contributed by atoms with Crippen LogP contribution in [0, 0.1) is 5.92 Å². The summed E-state index contributed by atoms with van der Waals surface area (Å²) in [5.74, 6) is 0.0839. The Hall–Kier alpha value is -1.36. The Morgan fingerprint density at radius 3 is 2.82 bits per heavy atom. The van der Waals surface area contributed by atoms with E-state index >= 15 is 0 Å². The van der Waals surface area contributed by atoms with Crippen LogP contribution in [0.15, 0.2) is 18.5 Å². The predicted molar refractivity (Wildman–Crippen MR) is 67.5 cm³/mol. The molecule has 0 fully saturated rings. The van der Waals surface area contributed by atoms with Gasteiger partial charge in [-0.2, -0.15) is 5.10 Å². The molecule has 5 heteroatoms. The SMILES string of the molecule is CCNCC(C)C(=O)NC(C)Cn1cccn1. The van der Waals surface area contributed by atoms with Crippen LogP contribution < -0.4 is 10.6 Å². The molecule has 0 radical (unpaired) electrons. The van der Waals surface area contributed by atoms with E-state index in [1.54, 1.807) is 6.20 Å². The number of aromatic nitrogens is 2. The van der Waals surface area contributed by atoms with Crippen LogP contribution in [-0.4, -0.2) is 34.8 Å². The molecule has 1 heterocycles. The van der Waals surface area contributed by atoms with E-state index in [9.17, 15) is 4.79 Å². The zero-order chi connectivity index (χ0) is 12.7. The van der Waals surface area contributed by atoms with Gasteiger partial charge in [-0.15, -0.1) is 0 Å². The number of carbonyl (C=O) groups excluding carboxylic acids is 1. The Labute approximate surface area is 103 Å². The lowest BCUT2D eigenvalue weighted by atomic mass is 10.1. The van der Waals surface area contributed by atoms with Crippen molar-refractivity contribution < 1.29 is 4.79 Å². The molecule has 0 aliphatic rings. The molecule has 17 heavy (non-hydrogen) atoms. The summed E-state index contributed by atoms with van der Waals surface area (Å²) in [6.45, 7) is 8.26. The molecule has 2 atom stereocenters. The van der Waals surface area contributed by atoms with Crippen molar-refractivity contribution in [3.05, 3.63) is 18.5 Å². The highest BCUT2D eigenvalue weighted by Gasteiger charge is 2.14. The second kappa shape index (κ2) is 7.06. The van der Waals surface area contributed by atoms with Crippen LogP contribution in [0.2, 0.25) is 0 Å². The van der Waals surface area contributed by atoms with Gasteiger partial charge in [-0.25, -0.2) is 0 Å². The summed E-state index contributed by atoms with van der Waals surface area (Å²) >= 11 is 0. The Kier molecular flexibility index (Phi) is 5.69. The molecule has 0 saturated heterocycles. The number of nitrogens with zero attached hydrogens (tertiary/aromatic N) is 2. The van der Waals surface area contributed by atoms with Crippen LogP contribution in [0.4, 0.5) is 0 Å². The largest absolute Gasteiger partial charge is 0.352 e. The van der Waals surface area contributed by atoms with Crippen molar-refractivity contribution in [3.63, 3.8) is 0 Å². The van der Waals surface area contributed by atoms with Gasteiger partial charge in [-0.3, -0.25) is 9.48 Å². The number of rotatable bonds is 7. The summed E-state index contributed by atoms with van der Waals surface area (Å²) in [5.41, 5.74) is 0. The van der Waals surface area contributed by atoms with Gasteiger partial charge in [-0.1, -0.05) is 13.8 Å². The van der Waals surface area contributed by atoms with Crippen molar-refractivity contribution in [2.24, 2.45) is 5.92 Å². The van der Waals surface area contributed by atoms with E-state index in [0.29, 0.717) is 6.54 Å².